The highest BCUT2D eigenvalue weighted by atomic mass is 13.7. The summed E-state index contributed by atoms with van der Waals surface area (Å²) in [5.41, 5.74) is 0. The van der Waals surface area contributed by atoms with Gasteiger partial charge in [0.2, 0.25) is 0 Å². The Kier molecular flexibility index (Phi) is 6.59. The van der Waals surface area contributed by atoms with Gasteiger partial charge in [-0.15, -0.1) is 0 Å². The summed E-state index contributed by atoms with van der Waals surface area (Å²) in [6.07, 6.45) is 12.9. The largest absolute Gasteiger partial charge is 0.0914 e. The fourth-order valence-corrected chi connectivity index (χ4v) is 0.450. The van der Waals surface area contributed by atoms with Crippen molar-refractivity contribution in [3.05, 3.63) is 43.4 Å². The molecule has 9 heavy (non-hydrogen) atoms. The summed E-state index contributed by atoms with van der Waals surface area (Å²) in [6.45, 7) is 5.57. The molecule has 1 radical (unpaired) electrons. The van der Waals surface area contributed by atoms with E-state index in [4.69, 9.17) is 0 Å². The predicted octanol–water partition coefficient (Wildman–Crippen LogP) is 2.90. The van der Waals surface area contributed by atoms with Crippen molar-refractivity contribution in [3.8, 4) is 0 Å². The van der Waals surface area contributed by atoms with E-state index < -0.39 is 0 Å². The van der Waals surface area contributed by atoms with Crippen LogP contribution >= 0.6 is 0 Å². The number of allylic oxidation sites excluding steroid dienone is 6. The molecule has 0 spiro atoms. The van der Waals surface area contributed by atoms with Crippen molar-refractivity contribution >= 4 is 0 Å². The maximum Gasteiger partial charge on any atom is -0.0166 e. The zero-order valence-corrected chi connectivity index (χ0v) is 5.88. The smallest absolute Gasteiger partial charge is 0.0166 e. The van der Waals surface area contributed by atoms with E-state index in [0.29, 0.717) is 0 Å². The quantitative estimate of drug-likeness (QED) is 0.398. The summed E-state index contributed by atoms with van der Waals surface area (Å²) in [6, 6.07) is 0. The monoisotopic (exact) mass is 121 g/mol. The molecule has 0 heterocycles. The van der Waals surface area contributed by atoms with Gasteiger partial charge < -0.3 is 0 Å². The summed E-state index contributed by atoms with van der Waals surface area (Å²) in [4.78, 5) is 0. The van der Waals surface area contributed by atoms with Gasteiger partial charge in [-0.2, -0.15) is 0 Å². The highest BCUT2D eigenvalue weighted by molar-refractivity contribution is 5.05. The topological polar surface area (TPSA) is 0 Å². The van der Waals surface area contributed by atoms with Gasteiger partial charge in [-0.25, -0.2) is 0 Å². The third-order valence-electron chi connectivity index (χ3n) is 0.891. The maximum atomic E-state index is 3.55. The van der Waals surface area contributed by atoms with Crippen molar-refractivity contribution in [1.82, 2.24) is 0 Å². The van der Waals surface area contributed by atoms with Crippen LogP contribution in [0.5, 0.6) is 0 Å². The zero-order valence-electron chi connectivity index (χ0n) is 5.88. The fraction of sp³-hybridized carbons (Fsp3) is 0.222. The molecule has 0 aromatic carbocycles. The fourth-order valence-electron chi connectivity index (χ4n) is 0.450. The Morgan fingerprint density at radius 1 is 1.22 bits per heavy atom. The Hall–Kier alpha value is -0.780. The van der Waals surface area contributed by atoms with Gasteiger partial charge in [-0.1, -0.05) is 36.5 Å². The van der Waals surface area contributed by atoms with Crippen LogP contribution in [0.1, 0.15) is 13.3 Å². The van der Waals surface area contributed by atoms with Crippen LogP contribution < -0.4 is 0 Å². The minimum Gasteiger partial charge on any atom is -0.0914 e. The molecule has 0 N–H and O–H groups in total. The van der Waals surface area contributed by atoms with Gasteiger partial charge in [-0.05, 0) is 20.3 Å². The molecule has 0 bridgehead atoms. The van der Waals surface area contributed by atoms with Crippen molar-refractivity contribution in [1.29, 1.82) is 0 Å². The second-order valence-electron chi connectivity index (χ2n) is 1.66. The Balaban J connectivity index is 3.25. The van der Waals surface area contributed by atoms with Crippen LogP contribution in [0.4, 0.5) is 0 Å². The Bertz CT molecular complexity index is 116. The van der Waals surface area contributed by atoms with Crippen molar-refractivity contribution in [3.63, 3.8) is 0 Å². The lowest BCUT2D eigenvalue weighted by atomic mass is 10.3. The minimum atomic E-state index is 1.01. The van der Waals surface area contributed by atoms with Crippen molar-refractivity contribution < 1.29 is 0 Å². The Morgan fingerprint density at radius 2 is 2.00 bits per heavy atom. The molecule has 0 nitrogen and oxygen atoms in total. The highest BCUT2D eigenvalue weighted by Crippen LogP contribution is 1.85. The SMILES string of the molecule is [CH2]/C=C/C=C/C/C=C/C. The standard InChI is InChI=1S/C9H13/c1-3-5-7-9-8-6-4-2/h3-7,9H,1,8H2,2H3/b5-3+,6-4+,9-7+. The molecular weight excluding hydrogens is 108 g/mol. The van der Waals surface area contributed by atoms with Crippen LogP contribution in [-0.4, -0.2) is 0 Å². The number of hydrogen-bond donors (Lipinski definition) is 0. The van der Waals surface area contributed by atoms with Crippen LogP contribution in [-0.2, 0) is 0 Å². The van der Waals surface area contributed by atoms with Gasteiger partial charge in [0.15, 0.2) is 0 Å². The van der Waals surface area contributed by atoms with Gasteiger partial charge in [-0.3, -0.25) is 0 Å². The first-order chi connectivity index (χ1) is 4.41. The molecule has 0 saturated heterocycles. The van der Waals surface area contributed by atoms with Crippen LogP contribution in [0.2, 0.25) is 0 Å². The molecule has 0 rings (SSSR count). The van der Waals surface area contributed by atoms with E-state index in [1.54, 1.807) is 6.08 Å². The lowest BCUT2D eigenvalue weighted by molar-refractivity contribution is 1.38. The Morgan fingerprint density at radius 3 is 2.56 bits per heavy atom. The normalized spacial score (nSPS) is 12.7. The van der Waals surface area contributed by atoms with E-state index in [-0.39, 0.29) is 0 Å². The van der Waals surface area contributed by atoms with E-state index in [0.717, 1.165) is 6.42 Å². The summed E-state index contributed by atoms with van der Waals surface area (Å²) in [7, 11) is 0. The number of rotatable bonds is 3. The molecule has 49 valence electrons. The van der Waals surface area contributed by atoms with Crippen molar-refractivity contribution in [2.45, 2.75) is 13.3 Å². The second kappa shape index (κ2) is 7.22. The average Bonchev–Trinajstić information content (AvgIpc) is 1.89. The molecule has 0 aliphatic rings. The van der Waals surface area contributed by atoms with Crippen LogP contribution in [0.25, 0.3) is 0 Å². The van der Waals surface area contributed by atoms with E-state index in [9.17, 15) is 0 Å². The van der Waals surface area contributed by atoms with E-state index in [1.807, 2.05) is 25.2 Å². The van der Waals surface area contributed by atoms with E-state index in [1.165, 1.54) is 0 Å². The van der Waals surface area contributed by atoms with Crippen LogP contribution in [0, 0.1) is 6.92 Å². The summed E-state index contributed by atoms with van der Waals surface area (Å²) < 4.78 is 0. The van der Waals surface area contributed by atoms with Gasteiger partial charge in [0, 0.05) is 0 Å². The second-order valence-corrected chi connectivity index (χ2v) is 1.66. The first-order valence-electron chi connectivity index (χ1n) is 3.14. The third kappa shape index (κ3) is 7.22. The molecular formula is C9H13. The first kappa shape index (κ1) is 8.22. The molecule has 0 aliphatic heterocycles. The molecule has 0 heteroatoms. The highest BCUT2D eigenvalue weighted by Gasteiger charge is 1.64. The van der Waals surface area contributed by atoms with Gasteiger partial charge >= 0.3 is 0 Å². The Labute approximate surface area is 57.6 Å². The lowest BCUT2D eigenvalue weighted by Crippen LogP contribution is -1.54. The van der Waals surface area contributed by atoms with E-state index in [2.05, 4.69) is 19.1 Å². The van der Waals surface area contributed by atoms with Gasteiger partial charge in [0.05, 0.1) is 0 Å². The third-order valence-corrected chi connectivity index (χ3v) is 0.891. The summed E-state index contributed by atoms with van der Waals surface area (Å²) in [5, 5.41) is 0. The molecule has 0 fully saturated rings. The van der Waals surface area contributed by atoms with Crippen molar-refractivity contribution in [2.24, 2.45) is 0 Å². The molecule has 0 saturated carbocycles. The predicted molar refractivity (Wildman–Crippen MR) is 43.1 cm³/mol. The average molecular weight is 121 g/mol. The maximum absolute atomic E-state index is 3.55. The number of hydrogen-bond acceptors (Lipinski definition) is 0. The first-order valence-corrected chi connectivity index (χ1v) is 3.14. The molecule has 0 aromatic rings. The molecule has 0 amide bonds. The molecule has 0 atom stereocenters. The van der Waals surface area contributed by atoms with Gasteiger partial charge in [0.25, 0.3) is 0 Å². The van der Waals surface area contributed by atoms with E-state index >= 15 is 0 Å². The van der Waals surface area contributed by atoms with Gasteiger partial charge in [0.1, 0.15) is 0 Å². The molecule has 0 unspecified atom stereocenters. The summed E-state index contributed by atoms with van der Waals surface area (Å²) in [5.74, 6) is 0. The lowest BCUT2D eigenvalue weighted by Gasteiger charge is -1.75. The minimum absolute atomic E-state index is 1.01. The van der Waals surface area contributed by atoms with Crippen molar-refractivity contribution in [2.75, 3.05) is 0 Å². The zero-order chi connectivity index (χ0) is 6.95. The molecule has 0 aromatic heterocycles. The summed E-state index contributed by atoms with van der Waals surface area (Å²) >= 11 is 0. The molecule has 0 aliphatic carbocycles. The van der Waals surface area contributed by atoms with Crippen LogP contribution in [0.15, 0.2) is 36.5 Å². The van der Waals surface area contributed by atoms with Crippen LogP contribution in [0.3, 0.4) is 0 Å².